The number of nitro groups is 1. The summed E-state index contributed by atoms with van der Waals surface area (Å²) in [7, 11) is 0. The molecule has 6 nitrogen and oxygen atoms in total. The van der Waals surface area contributed by atoms with Crippen LogP contribution in [-0.4, -0.2) is 15.8 Å². The lowest BCUT2D eigenvalue weighted by molar-refractivity contribution is -0.385. The van der Waals surface area contributed by atoms with Crippen LogP contribution in [0.2, 0.25) is 0 Å². The fourth-order valence-electron chi connectivity index (χ4n) is 1.72. The number of rotatable bonds is 3. The highest BCUT2D eigenvalue weighted by molar-refractivity contribution is 9.10. The van der Waals surface area contributed by atoms with Crippen LogP contribution in [-0.2, 0) is 0 Å². The first-order valence-electron chi connectivity index (χ1n) is 5.66. The zero-order chi connectivity index (χ0) is 14.7. The molecule has 1 heterocycles. The summed E-state index contributed by atoms with van der Waals surface area (Å²) >= 11 is 3.19. The Balaban J connectivity index is 2.28. The molecule has 0 aliphatic carbocycles. The van der Waals surface area contributed by atoms with Gasteiger partial charge in [0.15, 0.2) is 0 Å². The molecule has 1 amide bonds. The first kappa shape index (κ1) is 14.1. The molecular formula is C13H10BrN3O3. The maximum Gasteiger partial charge on any atom is 0.273 e. The lowest BCUT2D eigenvalue weighted by Gasteiger charge is -2.07. The number of nitrogens with one attached hydrogen (secondary N) is 1. The van der Waals surface area contributed by atoms with Crippen molar-refractivity contribution in [3.05, 3.63) is 62.4 Å². The molecule has 0 radical (unpaired) electrons. The molecule has 1 aromatic carbocycles. The van der Waals surface area contributed by atoms with Crippen LogP contribution < -0.4 is 5.32 Å². The third-order valence-electron chi connectivity index (χ3n) is 2.73. The van der Waals surface area contributed by atoms with Gasteiger partial charge in [-0.1, -0.05) is 6.07 Å². The molecule has 1 N–H and O–H groups in total. The van der Waals surface area contributed by atoms with Gasteiger partial charge >= 0.3 is 0 Å². The number of aromatic nitrogens is 1. The van der Waals surface area contributed by atoms with Crippen LogP contribution in [0.5, 0.6) is 0 Å². The fourth-order valence-corrected chi connectivity index (χ4v) is 1.95. The van der Waals surface area contributed by atoms with E-state index < -0.39 is 10.8 Å². The Morgan fingerprint density at radius 2 is 2.10 bits per heavy atom. The maximum atomic E-state index is 12.1. The average Bonchev–Trinajstić information content (AvgIpc) is 2.41. The van der Waals surface area contributed by atoms with Crippen LogP contribution in [0.3, 0.4) is 0 Å². The van der Waals surface area contributed by atoms with E-state index in [0.717, 1.165) is 0 Å². The van der Waals surface area contributed by atoms with E-state index >= 15 is 0 Å². The molecule has 0 unspecified atom stereocenters. The molecule has 0 aliphatic rings. The van der Waals surface area contributed by atoms with E-state index in [2.05, 4.69) is 26.2 Å². The Morgan fingerprint density at radius 1 is 1.35 bits per heavy atom. The zero-order valence-electron chi connectivity index (χ0n) is 10.5. The number of halogens is 1. The van der Waals surface area contributed by atoms with E-state index in [9.17, 15) is 14.9 Å². The maximum absolute atomic E-state index is 12.1. The summed E-state index contributed by atoms with van der Waals surface area (Å²) in [6.07, 6.45) is 1.49. The Morgan fingerprint density at radius 3 is 2.70 bits per heavy atom. The predicted molar refractivity (Wildman–Crippen MR) is 77.7 cm³/mol. The molecule has 0 saturated heterocycles. The summed E-state index contributed by atoms with van der Waals surface area (Å²) in [5.41, 5.74) is 1.04. The van der Waals surface area contributed by atoms with E-state index in [1.165, 1.54) is 18.3 Å². The number of amides is 1. The van der Waals surface area contributed by atoms with Crippen molar-refractivity contribution in [2.75, 3.05) is 5.32 Å². The molecule has 2 rings (SSSR count). The minimum Gasteiger partial charge on any atom is -0.321 e. The SMILES string of the molecule is Cc1c(C(=O)Nc2ccc(Br)nc2)cccc1[N+](=O)[O-]. The molecule has 0 spiro atoms. The standard InChI is InChI=1S/C13H10BrN3O3/c1-8-10(3-2-4-11(8)17(19)20)13(18)16-9-5-6-12(14)15-7-9/h2-7H,1H3,(H,16,18). The number of carbonyl (C=O) groups is 1. The highest BCUT2D eigenvalue weighted by Gasteiger charge is 2.17. The minimum absolute atomic E-state index is 0.0772. The van der Waals surface area contributed by atoms with E-state index in [0.29, 0.717) is 15.9 Å². The Labute approximate surface area is 123 Å². The normalized spacial score (nSPS) is 10.1. The lowest BCUT2D eigenvalue weighted by Crippen LogP contribution is -2.14. The van der Waals surface area contributed by atoms with E-state index in [1.54, 1.807) is 25.1 Å². The second kappa shape index (κ2) is 5.79. The topological polar surface area (TPSA) is 85.1 Å². The van der Waals surface area contributed by atoms with Crippen molar-refractivity contribution in [2.24, 2.45) is 0 Å². The highest BCUT2D eigenvalue weighted by atomic mass is 79.9. The van der Waals surface area contributed by atoms with Gasteiger partial charge in [-0.25, -0.2) is 4.98 Å². The molecule has 0 saturated carbocycles. The highest BCUT2D eigenvalue weighted by Crippen LogP contribution is 2.22. The predicted octanol–water partition coefficient (Wildman–Crippen LogP) is 3.31. The molecule has 0 atom stereocenters. The molecule has 102 valence electrons. The smallest absolute Gasteiger partial charge is 0.273 e. The molecule has 20 heavy (non-hydrogen) atoms. The number of hydrogen-bond donors (Lipinski definition) is 1. The number of nitro benzene ring substituents is 1. The average molecular weight is 336 g/mol. The second-order valence-corrected chi connectivity index (χ2v) is 4.84. The second-order valence-electron chi connectivity index (χ2n) is 4.03. The summed E-state index contributed by atoms with van der Waals surface area (Å²) in [5, 5.41) is 13.5. The van der Waals surface area contributed by atoms with E-state index in [1.807, 2.05) is 0 Å². The molecule has 2 aromatic rings. The third-order valence-corrected chi connectivity index (χ3v) is 3.20. The summed E-state index contributed by atoms with van der Waals surface area (Å²) in [6, 6.07) is 7.77. The van der Waals surface area contributed by atoms with Crippen LogP contribution >= 0.6 is 15.9 Å². The Bertz CT molecular complexity index is 671. The number of hydrogen-bond acceptors (Lipinski definition) is 4. The van der Waals surface area contributed by atoms with Crippen LogP contribution in [0.15, 0.2) is 41.1 Å². The number of carbonyl (C=O) groups excluding carboxylic acids is 1. The van der Waals surface area contributed by atoms with Crippen LogP contribution in [0.1, 0.15) is 15.9 Å². The summed E-state index contributed by atoms with van der Waals surface area (Å²) < 4.78 is 0.655. The van der Waals surface area contributed by atoms with Crippen LogP contribution in [0, 0.1) is 17.0 Å². The van der Waals surface area contributed by atoms with Crippen molar-refractivity contribution < 1.29 is 9.72 Å². The summed E-state index contributed by atoms with van der Waals surface area (Å²) in [5.74, 6) is -0.407. The van der Waals surface area contributed by atoms with Gasteiger partial charge in [-0.15, -0.1) is 0 Å². The van der Waals surface area contributed by atoms with Gasteiger partial charge in [0.2, 0.25) is 0 Å². The fraction of sp³-hybridized carbons (Fsp3) is 0.0769. The van der Waals surface area contributed by atoms with E-state index in [-0.39, 0.29) is 11.3 Å². The van der Waals surface area contributed by atoms with Gasteiger partial charge in [0.25, 0.3) is 11.6 Å². The van der Waals surface area contributed by atoms with Crippen molar-refractivity contribution >= 4 is 33.2 Å². The lowest BCUT2D eigenvalue weighted by atomic mass is 10.1. The number of nitrogens with zero attached hydrogens (tertiary/aromatic N) is 2. The zero-order valence-corrected chi connectivity index (χ0v) is 12.0. The first-order valence-corrected chi connectivity index (χ1v) is 6.45. The monoisotopic (exact) mass is 335 g/mol. The van der Waals surface area contributed by atoms with Crippen molar-refractivity contribution in [2.45, 2.75) is 6.92 Å². The molecule has 7 heteroatoms. The Hall–Kier alpha value is -2.28. The molecule has 1 aromatic heterocycles. The molecular weight excluding hydrogens is 326 g/mol. The van der Waals surface area contributed by atoms with Crippen molar-refractivity contribution in [3.8, 4) is 0 Å². The number of anilines is 1. The minimum atomic E-state index is -0.507. The Kier molecular flexibility index (Phi) is 4.09. The molecule has 0 bridgehead atoms. The quantitative estimate of drug-likeness (QED) is 0.529. The van der Waals surface area contributed by atoms with Gasteiger partial charge in [0.1, 0.15) is 4.60 Å². The number of benzene rings is 1. The number of pyridine rings is 1. The molecule has 0 aliphatic heterocycles. The van der Waals surface area contributed by atoms with Gasteiger partial charge in [-0.05, 0) is 41.1 Å². The first-order chi connectivity index (χ1) is 9.49. The molecule has 0 fully saturated rings. The van der Waals surface area contributed by atoms with Crippen LogP contribution in [0.25, 0.3) is 0 Å². The summed E-state index contributed by atoms with van der Waals surface area (Å²) in [6.45, 7) is 1.55. The van der Waals surface area contributed by atoms with Gasteiger partial charge in [-0.3, -0.25) is 14.9 Å². The third kappa shape index (κ3) is 3.00. The van der Waals surface area contributed by atoms with Gasteiger partial charge < -0.3 is 5.32 Å². The van der Waals surface area contributed by atoms with Crippen molar-refractivity contribution in [3.63, 3.8) is 0 Å². The van der Waals surface area contributed by atoms with Gasteiger partial charge in [0.05, 0.1) is 16.8 Å². The van der Waals surface area contributed by atoms with Gasteiger partial charge in [-0.2, -0.15) is 0 Å². The summed E-state index contributed by atoms with van der Waals surface area (Å²) in [4.78, 5) is 26.5. The van der Waals surface area contributed by atoms with Crippen molar-refractivity contribution in [1.29, 1.82) is 0 Å². The largest absolute Gasteiger partial charge is 0.321 e. The van der Waals surface area contributed by atoms with Crippen LogP contribution in [0.4, 0.5) is 11.4 Å². The van der Waals surface area contributed by atoms with E-state index in [4.69, 9.17) is 0 Å². The van der Waals surface area contributed by atoms with Gasteiger partial charge in [0, 0.05) is 17.2 Å². The van der Waals surface area contributed by atoms with Crippen molar-refractivity contribution in [1.82, 2.24) is 4.98 Å².